The van der Waals surface area contributed by atoms with E-state index in [0.717, 1.165) is 63.2 Å². The lowest BCUT2D eigenvalue weighted by Crippen LogP contribution is -2.25. The minimum Gasteiger partial charge on any atom is -0.493 e. The summed E-state index contributed by atoms with van der Waals surface area (Å²) in [5, 5.41) is 4.41. The maximum atomic E-state index is 6.06. The van der Waals surface area contributed by atoms with Crippen LogP contribution in [0.15, 0.2) is 41.5 Å². The molecule has 0 unspecified atom stereocenters. The van der Waals surface area contributed by atoms with Gasteiger partial charge >= 0.3 is 0 Å². The smallest absolute Gasteiger partial charge is 0.250 e. The molecular weight excluding hydrogens is 518 g/mol. The van der Waals surface area contributed by atoms with Crippen molar-refractivity contribution < 1.29 is 14.2 Å². The highest BCUT2D eigenvalue weighted by Gasteiger charge is 2.21. The van der Waals surface area contributed by atoms with Crippen molar-refractivity contribution in [2.24, 2.45) is 5.10 Å². The fourth-order valence-electron chi connectivity index (χ4n) is 5.12. The molecule has 218 valence electrons. The molecule has 2 saturated heterocycles. The third kappa shape index (κ3) is 7.36. The van der Waals surface area contributed by atoms with Crippen LogP contribution in [-0.2, 0) is 0 Å². The van der Waals surface area contributed by atoms with E-state index >= 15 is 0 Å². The van der Waals surface area contributed by atoms with Crippen LogP contribution in [0.25, 0.3) is 0 Å². The van der Waals surface area contributed by atoms with E-state index in [9.17, 15) is 0 Å². The molecule has 2 aromatic carbocycles. The lowest BCUT2D eigenvalue weighted by atomic mass is 10.0. The second-order valence-electron chi connectivity index (χ2n) is 10.8. The number of nitrogens with one attached hydrogen (secondary N) is 1. The Kier molecular flexibility index (Phi) is 9.38. The normalized spacial score (nSPS) is 15.2. The van der Waals surface area contributed by atoms with Crippen molar-refractivity contribution in [3.8, 4) is 17.2 Å². The Bertz CT molecular complexity index is 1300. The van der Waals surface area contributed by atoms with Crippen molar-refractivity contribution in [2.45, 2.75) is 52.4 Å². The highest BCUT2D eigenvalue weighted by molar-refractivity contribution is 5.81. The van der Waals surface area contributed by atoms with E-state index < -0.39 is 0 Å². The van der Waals surface area contributed by atoms with Crippen LogP contribution in [0.3, 0.4) is 0 Å². The molecule has 3 heterocycles. The van der Waals surface area contributed by atoms with Gasteiger partial charge in [0.1, 0.15) is 19.0 Å². The summed E-state index contributed by atoms with van der Waals surface area (Å²) in [6.07, 6.45) is 6.35. The van der Waals surface area contributed by atoms with Gasteiger partial charge in [-0.2, -0.15) is 20.1 Å². The fraction of sp³-hybridized carbons (Fsp3) is 0.484. The van der Waals surface area contributed by atoms with Crippen molar-refractivity contribution in [1.82, 2.24) is 15.0 Å². The van der Waals surface area contributed by atoms with Crippen LogP contribution in [0.2, 0.25) is 0 Å². The van der Waals surface area contributed by atoms with Crippen LogP contribution >= 0.6 is 0 Å². The van der Waals surface area contributed by atoms with Gasteiger partial charge < -0.3 is 24.0 Å². The first-order valence-electron chi connectivity index (χ1n) is 14.6. The number of nitrogens with zero attached hydrogens (tertiary/aromatic N) is 6. The lowest BCUT2D eigenvalue weighted by molar-refractivity contribution is 0.210. The van der Waals surface area contributed by atoms with E-state index in [4.69, 9.17) is 19.2 Å². The Morgan fingerprint density at radius 2 is 1.46 bits per heavy atom. The van der Waals surface area contributed by atoms with Crippen LogP contribution in [0.4, 0.5) is 17.8 Å². The summed E-state index contributed by atoms with van der Waals surface area (Å²) in [7, 11) is 1.63. The molecule has 5 rings (SSSR count). The van der Waals surface area contributed by atoms with Crippen molar-refractivity contribution in [1.29, 1.82) is 0 Å². The Hall–Kier alpha value is -4.08. The first-order chi connectivity index (χ1) is 20.0. The van der Waals surface area contributed by atoms with E-state index in [-0.39, 0.29) is 0 Å². The quantitative estimate of drug-likeness (QED) is 0.177. The standard InChI is InChI=1S/C31H41N7O3/c1-22(2)25-11-9-23(3)19-27(25)41-18-17-40-26-12-10-24(20-28(26)39-4)21-32-36-29-33-30(37-13-5-6-14-37)35-31(34-29)38-15-7-8-16-38/h9-12,19-22H,5-8,13-18H2,1-4H3,(H,33,34,35,36). The molecule has 0 atom stereocenters. The average molecular weight is 560 g/mol. The predicted octanol–water partition coefficient (Wildman–Crippen LogP) is 5.42. The average Bonchev–Trinajstić information content (AvgIpc) is 3.71. The number of rotatable bonds is 12. The minimum absolute atomic E-state index is 0.389. The first kappa shape index (κ1) is 28.4. The highest BCUT2D eigenvalue weighted by atomic mass is 16.5. The van der Waals surface area contributed by atoms with Crippen molar-refractivity contribution in [3.05, 3.63) is 53.1 Å². The molecule has 2 aliphatic heterocycles. The Morgan fingerprint density at radius 1 is 0.829 bits per heavy atom. The second-order valence-corrected chi connectivity index (χ2v) is 10.8. The van der Waals surface area contributed by atoms with Gasteiger partial charge in [-0.25, -0.2) is 5.43 Å². The Labute approximate surface area is 242 Å². The molecule has 0 saturated carbocycles. The SMILES string of the molecule is COc1cc(C=NNc2nc(N3CCCC3)nc(N3CCCC3)n2)ccc1OCCOc1cc(C)ccc1C(C)C. The fourth-order valence-corrected chi connectivity index (χ4v) is 5.12. The molecule has 10 nitrogen and oxygen atoms in total. The molecular formula is C31H41N7O3. The third-order valence-electron chi connectivity index (χ3n) is 7.35. The van der Waals surface area contributed by atoms with Gasteiger partial charge in [-0.3, -0.25) is 0 Å². The van der Waals surface area contributed by atoms with Crippen LogP contribution in [0.1, 0.15) is 62.1 Å². The largest absolute Gasteiger partial charge is 0.493 e. The minimum atomic E-state index is 0.389. The van der Waals surface area contributed by atoms with Crippen molar-refractivity contribution >= 4 is 24.1 Å². The Balaban J connectivity index is 1.20. The van der Waals surface area contributed by atoms with E-state index in [0.29, 0.717) is 48.5 Å². The van der Waals surface area contributed by atoms with E-state index in [2.05, 4.69) is 69.3 Å². The number of hydrogen-bond acceptors (Lipinski definition) is 10. The zero-order chi connectivity index (χ0) is 28.6. The highest BCUT2D eigenvalue weighted by Crippen LogP contribution is 2.29. The van der Waals surface area contributed by atoms with E-state index in [1.807, 2.05) is 18.2 Å². The number of aryl methyl sites for hydroxylation is 1. The van der Waals surface area contributed by atoms with Gasteiger partial charge in [0.2, 0.25) is 17.8 Å². The second kappa shape index (κ2) is 13.5. The van der Waals surface area contributed by atoms with Crippen LogP contribution in [0, 0.1) is 6.92 Å². The summed E-state index contributed by atoms with van der Waals surface area (Å²) in [4.78, 5) is 18.5. The molecule has 0 amide bonds. The molecule has 0 radical (unpaired) electrons. The number of benzene rings is 2. The van der Waals surface area contributed by atoms with Crippen molar-refractivity contribution in [3.63, 3.8) is 0 Å². The summed E-state index contributed by atoms with van der Waals surface area (Å²) in [6.45, 7) is 11.1. The first-order valence-corrected chi connectivity index (χ1v) is 14.6. The molecule has 41 heavy (non-hydrogen) atoms. The maximum Gasteiger partial charge on any atom is 0.250 e. The van der Waals surface area contributed by atoms with Crippen LogP contribution in [0.5, 0.6) is 17.2 Å². The molecule has 0 bridgehead atoms. The number of aromatic nitrogens is 3. The van der Waals surface area contributed by atoms with Gasteiger partial charge in [0.25, 0.3) is 0 Å². The molecule has 1 aromatic heterocycles. The summed E-state index contributed by atoms with van der Waals surface area (Å²) < 4.78 is 17.6. The van der Waals surface area contributed by atoms with Gasteiger partial charge in [-0.05, 0) is 79.5 Å². The summed E-state index contributed by atoms with van der Waals surface area (Å²) >= 11 is 0. The number of anilines is 3. The van der Waals surface area contributed by atoms with Gasteiger partial charge in [0.05, 0.1) is 13.3 Å². The third-order valence-corrected chi connectivity index (χ3v) is 7.35. The number of hydrazone groups is 1. The molecule has 2 aliphatic rings. The number of ether oxygens (including phenoxy) is 3. The van der Waals surface area contributed by atoms with Gasteiger partial charge in [-0.15, -0.1) is 0 Å². The van der Waals surface area contributed by atoms with E-state index in [1.165, 1.54) is 11.1 Å². The van der Waals surface area contributed by atoms with Gasteiger partial charge in [-0.1, -0.05) is 26.0 Å². The van der Waals surface area contributed by atoms with Crippen molar-refractivity contribution in [2.75, 3.05) is 61.7 Å². The molecule has 3 aromatic rings. The molecule has 10 heteroatoms. The topological polar surface area (TPSA) is 97.2 Å². The number of hydrogen-bond donors (Lipinski definition) is 1. The zero-order valence-electron chi connectivity index (χ0n) is 24.6. The summed E-state index contributed by atoms with van der Waals surface area (Å²) in [5.74, 6) is 4.45. The molecule has 0 aliphatic carbocycles. The Morgan fingerprint density at radius 3 is 2.07 bits per heavy atom. The molecule has 0 spiro atoms. The van der Waals surface area contributed by atoms with Crippen LogP contribution in [-0.4, -0.2) is 67.7 Å². The zero-order valence-corrected chi connectivity index (χ0v) is 24.6. The van der Waals surface area contributed by atoms with Gasteiger partial charge in [0, 0.05) is 26.2 Å². The number of methoxy groups -OCH3 is 1. The predicted molar refractivity (Wildman–Crippen MR) is 163 cm³/mol. The monoisotopic (exact) mass is 559 g/mol. The molecule has 1 N–H and O–H groups in total. The molecule has 2 fully saturated rings. The maximum absolute atomic E-state index is 6.06. The summed E-state index contributed by atoms with van der Waals surface area (Å²) in [5.41, 5.74) is 6.24. The van der Waals surface area contributed by atoms with Crippen LogP contribution < -0.4 is 29.4 Å². The summed E-state index contributed by atoms with van der Waals surface area (Å²) in [6, 6.07) is 12.0. The van der Waals surface area contributed by atoms with E-state index in [1.54, 1.807) is 13.3 Å². The lowest BCUT2D eigenvalue weighted by Gasteiger charge is -2.20. The van der Waals surface area contributed by atoms with Gasteiger partial charge in [0.15, 0.2) is 11.5 Å².